The Morgan fingerprint density at radius 2 is 1.71 bits per heavy atom. The number of rotatable bonds is 8. The molecule has 182 valence electrons. The molecule has 0 spiro atoms. The Labute approximate surface area is 189 Å². The molecule has 34 heavy (non-hydrogen) atoms. The molecule has 0 aliphatic carbocycles. The quantitative estimate of drug-likeness (QED) is 0.274. The van der Waals surface area contributed by atoms with E-state index in [1.165, 1.54) is 42.5 Å². The largest absolute Gasteiger partial charge is 0.471 e. The highest BCUT2D eigenvalue weighted by Gasteiger charge is 2.38. The lowest BCUT2D eigenvalue weighted by molar-refractivity contribution is -0.159. The number of carbonyl (C=O) groups is 1. The van der Waals surface area contributed by atoms with Gasteiger partial charge in [0.25, 0.3) is 5.91 Å². The molecule has 1 heterocycles. The zero-order valence-electron chi connectivity index (χ0n) is 17.5. The summed E-state index contributed by atoms with van der Waals surface area (Å²) in [5.41, 5.74) is 2.12. The zero-order valence-corrected chi connectivity index (χ0v) is 17.5. The number of hydroxylamine groups is 1. The first-order chi connectivity index (χ1) is 15.9. The summed E-state index contributed by atoms with van der Waals surface area (Å²) in [6.45, 7) is 1.41. The average Bonchev–Trinajstić information content (AvgIpc) is 3.27. The molecule has 3 aromatic rings. The van der Waals surface area contributed by atoms with Gasteiger partial charge in [0.2, 0.25) is 5.82 Å². The number of amides is 1. The van der Waals surface area contributed by atoms with Crippen LogP contribution in [0.25, 0.3) is 11.4 Å². The van der Waals surface area contributed by atoms with Crippen LogP contribution < -0.4 is 10.8 Å². The number of hydrogen-bond donors (Lipinski definition) is 2. The fourth-order valence-electron chi connectivity index (χ4n) is 2.82. The first-order valence-electron chi connectivity index (χ1n) is 9.77. The Morgan fingerprint density at radius 3 is 2.32 bits per heavy atom. The topological polar surface area (TPSA) is 89.3 Å². The van der Waals surface area contributed by atoms with Gasteiger partial charge in [-0.25, -0.2) is 5.48 Å². The summed E-state index contributed by atoms with van der Waals surface area (Å²) >= 11 is 0. The zero-order chi connectivity index (χ0) is 24.9. The molecule has 0 saturated heterocycles. The van der Waals surface area contributed by atoms with Gasteiger partial charge in [-0.15, -0.1) is 0 Å². The van der Waals surface area contributed by atoms with E-state index in [0.717, 1.165) is 6.07 Å². The van der Waals surface area contributed by atoms with Crippen LogP contribution in [0.2, 0.25) is 0 Å². The van der Waals surface area contributed by atoms with Gasteiger partial charge in [0.15, 0.2) is 0 Å². The van der Waals surface area contributed by atoms with Crippen LogP contribution in [-0.4, -0.2) is 28.6 Å². The van der Waals surface area contributed by atoms with Crippen LogP contribution in [0.5, 0.6) is 0 Å². The maximum Gasteiger partial charge on any atom is 0.471 e. The fourth-order valence-corrected chi connectivity index (χ4v) is 2.82. The van der Waals surface area contributed by atoms with E-state index in [2.05, 4.69) is 25.5 Å². The number of aromatic nitrogens is 2. The molecule has 1 amide bonds. The smallest absolute Gasteiger partial charge is 0.348 e. The minimum absolute atomic E-state index is 0.0387. The Morgan fingerprint density at radius 1 is 1.03 bits per heavy atom. The van der Waals surface area contributed by atoms with Crippen LogP contribution in [0.15, 0.2) is 53.1 Å². The van der Waals surface area contributed by atoms with Gasteiger partial charge in [-0.1, -0.05) is 35.5 Å². The maximum atomic E-state index is 13.0. The standard InChI is InChI=1S/C21H18F6N4O3/c1-12(10-28-33-11-15-4-2-3-5-16(15)20(22,23)24)29-18(32)14-8-6-13(7-9-14)17-30-19(34-31-17)21(25,26)27/h2-9,12,28H,10-11H2,1H3,(H,29,32). The van der Waals surface area contributed by atoms with E-state index in [4.69, 9.17) is 4.84 Å². The first-order valence-corrected chi connectivity index (χ1v) is 9.77. The second kappa shape index (κ2) is 10.2. The fraction of sp³-hybridized carbons (Fsp3) is 0.286. The molecule has 1 aromatic heterocycles. The van der Waals surface area contributed by atoms with Crippen molar-refractivity contribution < 1.29 is 40.5 Å². The van der Waals surface area contributed by atoms with Crippen molar-refractivity contribution in [3.63, 3.8) is 0 Å². The van der Waals surface area contributed by atoms with Crippen molar-refractivity contribution in [2.45, 2.75) is 31.9 Å². The molecule has 0 bridgehead atoms. The normalized spacial score (nSPS) is 13.0. The summed E-state index contributed by atoms with van der Waals surface area (Å²) in [7, 11) is 0. The van der Waals surface area contributed by atoms with Gasteiger partial charge >= 0.3 is 18.2 Å². The summed E-state index contributed by atoms with van der Waals surface area (Å²) in [4.78, 5) is 20.7. The third kappa shape index (κ3) is 6.54. The number of halogens is 6. The number of alkyl halides is 6. The lowest BCUT2D eigenvalue weighted by Crippen LogP contribution is -2.40. The lowest BCUT2D eigenvalue weighted by atomic mass is 10.1. The molecule has 0 radical (unpaired) electrons. The Kier molecular flexibility index (Phi) is 7.57. The summed E-state index contributed by atoms with van der Waals surface area (Å²) in [5, 5.41) is 5.92. The third-order valence-corrected chi connectivity index (χ3v) is 4.49. The second-order valence-corrected chi connectivity index (χ2v) is 7.16. The first kappa shape index (κ1) is 25.2. The third-order valence-electron chi connectivity index (χ3n) is 4.49. The summed E-state index contributed by atoms with van der Waals surface area (Å²) in [6.07, 6.45) is -9.26. The highest BCUT2D eigenvalue weighted by atomic mass is 19.4. The van der Waals surface area contributed by atoms with Gasteiger partial charge < -0.3 is 9.84 Å². The van der Waals surface area contributed by atoms with Crippen molar-refractivity contribution >= 4 is 5.91 Å². The van der Waals surface area contributed by atoms with E-state index in [9.17, 15) is 31.1 Å². The van der Waals surface area contributed by atoms with E-state index < -0.39 is 35.8 Å². The number of benzene rings is 2. The monoisotopic (exact) mass is 488 g/mol. The predicted molar refractivity (Wildman–Crippen MR) is 106 cm³/mol. The van der Waals surface area contributed by atoms with Crippen LogP contribution in [-0.2, 0) is 23.8 Å². The number of nitrogens with one attached hydrogen (secondary N) is 2. The van der Waals surface area contributed by atoms with Crippen molar-refractivity contribution in [1.29, 1.82) is 0 Å². The Bertz CT molecular complexity index is 1110. The van der Waals surface area contributed by atoms with Crippen LogP contribution in [0.3, 0.4) is 0 Å². The molecule has 0 aliphatic rings. The van der Waals surface area contributed by atoms with Gasteiger partial charge in [-0.3, -0.25) is 9.63 Å². The van der Waals surface area contributed by atoms with Crippen molar-refractivity contribution in [3.8, 4) is 11.4 Å². The molecular formula is C21H18F6N4O3. The Balaban J connectivity index is 1.48. The van der Waals surface area contributed by atoms with Crippen LogP contribution in [0.1, 0.15) is 34.3 Å². The molecule has 0 aliphatic heterocycles. The molecule has 0 fully saturated rings. The van der Waals surface area contributed by atoms with Crippen molar-refractivity contribution in [2.24, 2.45) is 0 Å². The summed E-state index contributed by atoms with van der Waals surface area (Å²) in [6, 6.07) is 10.0. The van der Waals surface area contributed by atoms with Crippen molar-refractivity contribution in [1.82, 2.24) is 20.9 Å². The molecule has 13 heteroatoms. The second-order valence-electron chi connectivity index (χ2n) is 7.16. The number of carbonyl (C=O) groups excluding carboxylic acids is 1. The highest BCUT2D eigenvalue weighted by molar-refractivity contribution is 5.94. The molecule has 7 nitrogen and oxygen atoms in total. The van der Waals surface area contributed by atoms with Crippen molar-refractivity contribution in [3.05, 3.63) is 71.1 Å². The van der Waals surface area contributed by atoms with Crippen LogP contribution in [0, 0.1) is 0 Å². The predicted octanol–water partition coefficient (Wildman–Crippen LogP) is 4.61. The van der Waals surface area contributed by atoms with Gasteiger partial charge in [-0.05, 0) is 30.7 Å². The molecule has 1 atom stereocenters. The summed E-state index contributed by atoms with van der Waals surface area (Å²) < 4.78 is 80.8. The van der Waals surface area contributed by atoms with Crippen molar-refractivity contribution in [2.75, 3.05) is 6.54 Å². The SMILES string of the molecule is CC(CNOCc1ccccc1C(F)(F)F)NC(=O)c1ccc(-c2noc(C(F)(F)F)n2)cc1. The molecule has 3 rings (SSSR count). The molecule has 2 aromatic carbocycles. The lowest BCUT2D eigenvalue weighted by Gasteiger charge is -2.16. The minimum Gasteiger partial charge on any atom is -0.348 e. The van der Waals surface area contributed by atoms with Crippen LogP contribution in [0.4, 0.5) is 26.3 Å². The van der Waals surface area contributed by atoms with E-state index in [0.29, 0.717) is 0 Å². The van der Waals surface area contributed by atoms with E-state index in [1.54, 1.807) is 6.92 Å². The average molecular weight is 488 g/mol. The van der Waals surface area contributed by atoms with E-state index in [-0.39, 0.29) is 35.7 Å². The number of hydrogen-bond acceptors (Lipinski definition) is 6. The van der Waals surface area contributed by atoms with E-state index >= 15 is 0 Å². The van der Waals surface area contributed by atoms with Gasteiger partial charge in [0.05, 0.1) is 12.2 Å². The molecule has 1 unspecified atom stereocenters. The highest BCUT2D eigenvalue weighted by Crippen LogP contribution is 2.32. The van der Waals surface area contributed by atoms with Gasteiger partial charge in [0.1, 0.15) is 0 Å². The number of nitrogens with zero attached hydrogens (tertiary/aromatic N) is 2. The summed E-state index contributed by atoms with van der Waals surface area (Å²) in [5.74, 6) is -2.23. The van der Waals surface area contributed by atoms with E-state index in [1.807, 2.05) is 0 Å². The maximum absolute atomic E-state index is 13.0. The van der Waals surface area contributed by atoms with Gasteiger partial charge in [0, 0.05) is 23.7 Å². The minimum atomic E-state index is -4.76. The molecular weight excluding hydrogens is 470 g/mol. The van der Waals surface area contributed by atoms with Crippen LogP contribution >= 0.6 is 0 Å². The van der Waals surface area contributed by atoms with Gasteiger partial charge in [-0.2, -0.15) is 31.3 Å². The molecule has 2 N–H and O–H groups in total. The molecule has 0 saturated carbocycles. The Hall–Kier alpha value is -3.45.